The first kappa shape index (κ1) is 12.9. The van der Waals surface area contributed by atoms with Crippen LogP contribution in [0.15, 0.2) is 30.3 Å². The van der Waals surface area contributed by atoms with Crippen molar-refractivity contribution >= 4 is 5.96 Å². The van der Waals surface area contributed by atoms with Crippen molar-refractivity contribution in [3.8, 4) is 0 Å². The fraction of sp³-hybridized carbons (Fsp3) is 0.300. The van der Waals surface area contributed by atoms with Gasteiger partial charge in [0.25, 0.3) is 5.96 Å². The van der Waals surface area contributed by atoms with Crippen LogP contribution in [0.3, 0.4) is 0 Å². The van der Waals surface area contributed by atoms with E-state index in [4.69, 9.17) is 10.1 Å². The molecule has 7 nitrogen and oxygen atoms in total. The van der Waals surface area contributed by atoms with Crippen molar-refractivity contribution in [2.24, 2.45) is 0 Å². The molecule has 3 N–H and O–H groups in total. The van der Waals surface area contributed by atoms with Gasteiger partial charge in [0.1, 0.15) is 0 Å². The number of hydrogen-bond acceptors (Lipinski definition) is 4. The Labute approximate surface area is 98.4 Å². The van der Waals surface area contributed by atoms with Gasteiger partial charge in [-0.05, 0) is 5.56 Å². The van der Waals surface area contributed by atoms with Gasteiger partial charge in [-0.25, -0.2) is 10.1 Å². The third-order valence-electron chi connectivity index (χ3n) is 2.06. The molecule has 7 heteroatoms. The number of nitro groups is 1. The first-order valence-electron chi connectivity index (χ1n) is 4.93. The molecule has 0 bridgehead atoms. The SMILES string of the molecule is COCC(NC(=N)N[N+](=O)[O-])c1ccccc1. The molecule has 0 radical (unpaired) electrons. The van der Waals surface area contributed by atoms with Gasteiger partial charge < -0.3 is 10.1 Å². The number of rotatable bonds is 5. The molecule has 0 aromatic heterocycles. The van der Waals surface area contributed by atoms with Crippen LogP contribution in [0.5, 0.6) is 0 Å². The topological polar surface area (TPSA) is 100 Å². The molecule has 1 atom stereocenters. The van der Waals surface area contributed by atoms with Gasteiger partial charge in [0.15, 0.2) is 5.03 Å². The molecule has 0 aliphatic heterocycles. The van der Waals surface area contributed by atoms with Crippen LogP contribution in [0.4, 0.5) is 0 Å². The van der Waals surface area contributed by atoms with E-state index in [1.807, 2.05) is 30.3 Å². The number of ether oxygens (including phenoxy) is 1. The zero-order chi connectivity index (χ0) is 12.7. The van der Waals surface area contributed by atoms with Gasteiger partial charge in [-0.1, -0.05) is 35.8 Å². The van der Waals surface area contributed by atoms with Crippen LogP contribution in [-0.4, -0.2) is 24.7 Å². The fourth-order valence-electron chi connectivity index (χ4n) is 1.37. The molecule has 0 heterocycles. The average Bonchev–Trinajstić information content (AvgIpc) is 2.28. The lowest BCUT2D eigenvalue weighted by molar-refractivity contribution is -0.525. The van der Waals surface area contributed by atoms with Crippen molar-refractivity contribution in [3.05, 3.63) is 46.0 Å². The molecule has 0 fully saturated rings. The van der Waals surface area contributed by atoms with Gasteiger partial charge in [-0.2, -0.15) is 0 Å². The fourth-order valence-corrected chi connectivity index (χ4v) is 1.37. The molecular weight excluding hydrogens is 224 g/mol. The molecule has 0 spiro atoms. The largest absolute Gasteiger partial charge is 0.382 e. The number of guanidine groups is 1. The Morgan fingerprint density at radius 1 is 1.53 bits per heavy atom. The lowest BCUT2D eigenvalue weighted by Crippen LogP contribution is -2.42. The summed E-state index contributed by atoms with van der Waals surface area (Å²) in [7, 11) is 1.53. The van der Waals surface area contributed by atoms with Crippen molar-refractivity contribution in [2.45, 2.75) is 6.04 Å². The van der Waals surface area contributed by atoms with E-state index >= 15 is 0 Å². The van der Waals surface area contributed by atoms with Gasteiger partial charge in [-0.15, -0.1) is 0 Å². The number of benzene rings is 1. The minimum atomic E-state index is -0.788. The van der Waals surface area contributed by atoms with Crippen LogP contribution in [0.2, 0.25) is 0 Å². The van der Waals surface area contributed by atoms with Crippen LogP contribution in [0.25, 0.3) is 0 Å². The third-order valence-corrected chi connectivity index (χ3v) is 2.06. The Hall–Kier alpha value is -2.15. The lowest BCUT2D eigenvalue weighted by Gasteiger charge is -2.18. The van der Waals surface area contributed by atoms with E-state index in [-0.39, 0.29) is 12.0 Å². The van der Waals surface area contributed by atoms with Crippen LogP contribution < -0.4 is 10.7 Å². The standard InChI is InChI=1S/C10H14N4O3/c1-17-7-9(8-5-3-2-4-6-8)12-10(11)13-14(15)16/h2-6,9H,7H2,1H3,(H3,11,12,13). The first-order valence-corrected chi connectivity index (χ1v) is 4.93. The van der Waals surface area contributed by atoms with E-state index < -0.39 is 5.03 Å². The summed E-state index contributed by atoms with van der Waals surface area (Å²) in [6, 6.07) is 8.98. The summed E-state index contributed by atoms with van der Waals surface area (Å²) in [5.41, 5.74) is 2.63. The Morgan fingerprint density at radius 3 is 2.71 bits per heavy atom. The van der Waals surface area contributed by atoms with E-state index in [9.17, 15) is 10.1 Å². The summed E-state index contributed by atoms with van der Waals surface area (Å²) in [6.07, 6.45) is 0. The maximum absolute atomic E-state index is 10.2. The molecule has 0 aliphatic carbocycles. The highest BCUT2D eigenvalue weighted by Gasteiger charge is 2.14. The molecule has 17 heavy (non-hydrogen) atoms. The van der Waals surface area contributed by atoms with Crippen LogP contribution in [0, 0.1) is 15.5 Å². The van der Waals surface area contributed by atoms with E-state index in [1.54, 1.807) is 5.43 Å². The average molecular weight is 238 g/mol. The van der Waals surface area contributed by atoms with E-state index in [0.29, 0.717) is 6.61 Å². The Bertz CT molecular complexity index is 382. The maximum Gasteiger partial charge on any atom is 0.251 e. The predicted molar refractivity (Wildman–Crippen MR) is 62.1 cm³/mol. The summed E-state index contributed by atoms with van der Waals surface area (Å²) in [5, 5.41) is 19.4. The van der Waals surface area contributed by atoms with E-state index in [2.05, 4.69) is 5.32 Å². The summed E-state index contributed by atoms with van der Waals surface area (Å²) < 4.78 is 5.01. The van der Waals surface area contributed by atoms with Crippen molar-refractivity contribution in [3.63, 3.8) is 0 Å². The number of methoxy groups -OCH3 is 1. The molecule has 1 rings (SSSR count). The van der Waals surface area contributed by atoms with Gasteiger partial charge in [0.2, 0.25) is 0 Å². The predicted octanol–water partition coefficient (Wildman–Crippen LogP) is 0.680. The molecule has 0 saturated carbocycles. The molecule has 1 aromatic rings. The quantitative estimate of drug-likeness (QED) is 0.303. The Balaban J connectivity index is 2.67. The summed E-state index contributed by atoms with van der Waals surface area (Å²) in [5.74, 6) is -0.374. The van der Waals surface area contributed by atoms with Crippen molar-refractivity contribution < 1.29 is 9.77 Å². The zero-order valence-corrected chi connectivity index (χ0v) is 9.34. The van der Waals surface area contributed by atoms with Crippen molar-refractivity contribution in [1.82, 2.24) is 10.7 Å². The lowest BCUT2D eigenvalue weighted by atomic mass is 10.1. The molecule has 1 unspecified atom stereocenters. The molecule has 1 aromatic carbocycles. The molecule has 0 aliphatic rings. The molecule has 92 valence electrons. The second-order valence-corrected chi connectivity index (χ2v) is 3.31. The summed E-state index contributed by atoms with van der Waals surface area (Å²) in [6.45, 7) is 0.311. The number of nitrogens with zero attached hydrogens (tertiary/aromatic N) is 1. The van der Waals surface area contributed by atoms with E-state index in [0.717, 1.165) is 5.56 Å². The molecule has 0 saturated heterocycles. The zero-order valence-electron chi connectivity index (χ0n) is 9.34. The summed E-state index contributed by atoms with van der Waals surface area (Å²) >= 11 is 0. The number of hydrogen-bond donors (Lipinski definition) is 3. The van der Waals surface area contributed by atoms with Crippen molar-refractivity contribution in [2.75, 3.05) is 13.7 Å². The third kappa shape index (κ3) is 4.47. The van der Waals surface area contributed by atoms with E-state index in [1.165, 1.54) is 7.11 Å². The second kappa shape index (κ2) is 6.44. The highest BCUT2D eigenvalue weighted by molar-refractivity contribution is 5.75. The molecule has 0 amide bonds. The van der Waals surface area contributed by atoms with Crippen molar-refractivity contribution in [1.29, 1.82) is 5.41 Å². The minimum Gasteiger partial charge on any atom is -0.382 e. The van der Waals surface area contributed by atoms with Gasteiger partial charge in [0.05, 0.1) is 12.6 Å². The smallest absolute Gasteiger partial charge is 0.251 e. The van der Waals surface area contributed by atoms with Crippen LogP contribution >= 0.6 is 0 Å². The summed E-state index contributed by atoms with van der Waals surface area (Å²) in [4.78, 5) is 10.2. The first-order chi connectivity index (χ1) is 8.13. The highest BCUT2D eigenvalue weighted by atomic mass is 16.7. The highest BCUT2D eigenvalue weighted by Crippen LogP contribution is 2.12. The maximum atomic E-state index is 10.2. The number of hydrazine groups is 1. The monoisotopic (exact) mass is 238 g/mol. The Kier molecular flexibility index (Phi) is 4.89. The van der Waals surface area contributed by atoms with Gasteiger partial charge >= 0.3 is 0 Å². The van der Waals surface area contributed by atoms with Gasteiger partial charge in [-0.3, -0.25) is 5.41 Å². The molecular formula is C10H14N4O3. The normalized spacial score (nSPS) is 11.6. The van der Waals surface area contributed by atoms with Gasteiger partial charge in [0, 0.05) is 7.11 Å². The van der Waals surface area contributed by atoms with Crippen LogP contribution in [0.1, 0.15) is 11.6 Å². The minimum absolute atomic E-state index is 0.304. The second-order valence-electron chi connectivity index (χ2n) is 3.31. The number of nitrogens with one attached hydrogen (secondary N) is 3. The van der Waals surface area contributed by atoms with Crippen LogP contribution in [-0.2, 0) is 4.74 Å². The Morgan fingerprint density at radius 2 is 2.18 bits per heavy atom.